The van der Waals surface area contributed by atoms with Crippen LogP contribution in [0.5, 0.6) is 5.75 Å². The Labute approximate surface area is 158 Å². The third kappa shape index (κ3) is 6.32. The van der Waals surface area contributed by atoms with E-state index in [1.165, 1.54) is 4.90 Å². The number of carbonyl (C=O) groups is 2. The fraction of sp³-hybridized carbons (Fsp3) is 0.211. The van der Waals surface area contributed by atoms with E-state index < -0.39 is 30.6 Å². The van der Waals surface area contributed by atoms with Gasteiger partial charge in [-0.25, -0.2) is 4.79 Å². The molecule has 6 nitrogen and oxygen atoms in total. The third-order valence-corrected chi connectivity index (χ3v) is 3.47. The zero-order valence-electron chi connectivity index (χ0n) is 14.5. The molecule has 0 aliphatic rings. The summed E-state index contributed by atoms with van der Waals surface area (Å²) in [4.78, 5) is 25.7. The van der Waals surface area contributed by atoms with Crippen LogP contribution in [0.1, 0.15) is 16.8 Å². The molecule has 0 aliphatic heterocycles. The minimum absolute atomic E-state index is 0.0365. The van der Waals surface area contributed by atoms with Crippen molar-refractivity contribution in [3.63, 3.8) is 0 Å². The van der Waals surface area contributed by atoms with Crippen LogP contribution in [0, 0.1) is 11.3 Å². The molecule has 0 fully saturated rings. The van der Waals surface area contributed by atoms with Gasteiger partial charge in [0.05, 0.1) is 18.1 Å². The van der Waals surface area contributed by atoms with E-state index in [0.29, 0.717) is 5.69 Å². The van der Waals surface area contributed by atoms with Crippen molar-refractivity contribution in [2.45, 2.75) is 12.8 Å². The highest BCUT2D eigenvalue weighted by atomic mass is 19.4. The molecule has 1 amide bonds. The molecule has 0 aromatic heterocycles. The van der Waals surface area contributed by atoms with Crippen molar-refractivity contribution >= 4 is 17.6 Å². The molecule has 2 aromatic carbocycles. The van der Waals surface area contributed by atoms with Gasteiger partial charge in [0.1, 0.15) is 5.75 Å². The highest BCUT2D eigenvalue weighted by molar-refractivity contribution is 5.97. The Morgan fingerprint density at radius 1 is 1.04 bits per heavy atom. The van der Waals surface area contributed by atoms with E-state index in [1.807, 2.05) is 6.07 Å². The smallest absolute Gasteiger partial charge is 0.452 e. The van der Waals surface area contributed by atoms with Gasteiger partial charge in [-0.1, -0.05) is 18.2 Å². The van der Waals surface area contributed by atoms with E-state index in [4.69, 9.17) is 10.00 Å². The van der Waals surface area contributed by atoms with Crippen LogP contribution < -0.4 is 9.64 Å². The monoisotopic (exact) mass is 392 g/mol. The van der Waals surface area contributed by atoms with E-state index in [0.717, 1.165) is 24.3 Å². The zero-order chi connectivity index (χ0) is 20.6. The summed E-state index contributed by atoms with van der Waals surface area (Å²) >= 11 is 0. The number of ether oxygens (including phenoxy) is 2. The maximum absolute atomic E-state index is 12.4. The van der Waals surface area contributed by atoms with Gasteiger partial charge in [-0.3, -0.25) is 4.79 Å². The topological polar surface area (TPSA) is 79.6 Å². The van der Waals surface area contributed by atoms with Gasteiger partial charge in [-0.15, -0.1) is 13.2 Å². The lowest BCUT2D eigenvalue weighted by Crippen LogP contribution is -2.35. The fourth-order valence-corrected chi connectivity index (χ4v) is 2.25. The summed E-state index contributed by atoms with van der Waals surface area (Å²) in [7, 11) is 0. The summed E-state index contributed by atoms with van der Waals surface area (Å²) in [5.41, 5.74) is 0.512. The average molecular weight is 392 g/mol. The molecule has 2 aromatic rings. The number of nitriles is 1. The highest BCUT2D eigenvalue weighted by Gasteiger charge is 2.31. The van der Waals surface area contributed by atoms with E-state index in [9.17, 15) is 22.8 Å². The first-order valence-electron chi connectivity index (χ1n) is 8.05. The molecule has 0 heterocycles. The van der Waals surface area contributed by atoms with Crippen molar-refractivity contribution < 1.29 is 32.2 Å². The maximum atomic E-state index is 12.4. The van der Waals surface area contributed by atoms with Gasteiger partial charge in [-0.2, -0.15) is 5.26 Å². The van der Waals surface area contributed by atoms with Gasteiger partial charge in [-0.05, 0) is 36.4 Å². The SMILES string of the molecule is N#CCCN(C(=O)COC(=O)c1ccc(OC(F)(F)F)cc1)c1ccccc1. The van der Waals surface area contributed by atoms with Crippen LogP contribution in [0.15, 0.2) is 54.6 Å². The average Bonchev–Trinajstić information content (AvgIpc) is 2.66. The van der Waals surface area contributed by atoms with Gasteiger partial charge in [0.25, 0.3) is 5.91 Å². The van der Waals surface area contributed by atoms with Crippen molar-refractivity contribution in [1.29, 1.82) is 5.26 Å². The molecule has 0 bridgehead atoms. The first kappa shape index (κ1) is 20.8. The summed E-state index contributed by atoms with van der Waals surface area (Å²) in [6.45, 7) is -0.458. The molecule has 0 saturated heterocycles. The largest absolute Gasteiger partial charge is 0.573 e. The Morgan fingerprint density at radius 3 is 2.25 bits per heavy atom. The molecule has 0 saturated carbocycles. The second-order valence-corrected chi connectivity index (χ2v) is 5.44. The fourth-order valence-electron chi connectivity index (χ4n) is 2.25. The normalized spacial score (nSPS) is 10.6. The number of esters is 1. The Balaban J connectivity index is 1.98. The van der Waals surface area contributed by atoms with Crippen LogP contribution in [-0.4, -0.2) is 31.4 Å². The molecule has 28 heavy (non-hydrogen) atoms. The van der Waals surface area contributed by atoms with Crippen molar-refractivity contribution in [2.24, 2.45) is 0 Å². The Morgan fingerprint density at radius 2 is 1.68 bits per heavy atom. The summed E-state index contributed by atoms with van der Waals surface area (Å²) in [5, 5.41) is 8.75. The van der Waals surface area contributed by atoms with Crippen molar-refractivity contribution in [3.05, 3.63) is 60.2 Å². The Hall–Kier alpha value is -3.54. The molecule has 0 radical (unpaired) electrons. The van der Waals surface area contributed by atoms with E-state index >= 15 is 0 Å². The number of nitrogens with zero attached hydrogens (tertiary/aromatic N) is 2. The molecule has 0 aliphatic carbocycles. The van der Waals surface area contributed by atoms with E-state index in [-0.39, 0.29) is 18.5 Å². The number of rotatable bonds is 7. The number of alkyl halides is 3. The molecule has 0 unspecified atom stereocenters. The lowest BCUT2D eigenvalue weighted by molar-refractivity contribution is -0.274. The molecular formula is C19H15F3N2O4. The van der Waals surface area contributed by atoms with Crippen molar-refractivity contribution in [1.82, 2.24) is 0 Å². The standard InChI is InChI=1S/C19H15F3N2O4/c20-19(21,22)28-16-9-7-14(8-10-16)18(26)27-13-17(25)24(12-4-11-23)15-5-2-1-3-6-15/h1-3,5-10H,4,12-13H2. The summed E-state index contributed by atoms with van der Waals surface area (Å²) in [6.07, 6.45) is -4.74. The zero-order valence-corrected chi connectivity index (χ0v) is 14.5. The van der Waals surface area contributed by atoms with Gasteiger partial charge < -0.3 is 14.4 Å². The second-order valence-electron chi connectivity index (χ2n) is 5.44. The minimum atomic E-state index is -4.83. The summed E-state index contributed by atoms with van der Waals surface area (Å²) in [6, 6.07) is 14.6. The minimum Gasteiger partial charge on any atom is -0.452 e. The predicted molar refractivity (Wildman–Crippen MR) is 92.4 cm³/mol. The van der Waals surface area contributed by atoms with Gasteiger partial charge in [0.2, 0.25) is 0 Å². The van der Waals surface area contributed by atoms with Crippen LogP contribution in [0.3, 0.4) is 0 Å². The Kier molecular flexibility index (Phi) is 6.98. The summed E-state index contributed by atoms with van der Waals surface area (Å²) < 4.78 is 45.1. The van der Waals surface area contributed by atoms with Crippen LogP contribution in [-0.2, 0) is 9.53 Å². The Bertz CT molecular complexity index is 846. The molecule has 9 heteroatoms. The highest BCUT2D eigenvalue weighted by Crippen LogP contribution is 2.23. The van der Waals surface area contributed by atoms with Crippen LogP contribution in [0.2, 0.25) is 0 Å². The van der Waals surface area contributed by atoms with Gasteiger partial charge in [0.15, 0.2) is 6.61 Å². The lowest BCUT2D eigenvalue weighted by atomic mass is 10.2. The number of halogens is 3. The lowest BCUT2D eigenvalue weighted by Gasteiger charge is -2.21. The third-order valence-electron chi connectivity index (χ3n) is 3.47. The second kappa shape index (κ2) is 9.41. The molecule has 0 N–H and O–H groups in total. The molecule has 146 valence electrons. The number of carbonyl (C=O) groups excluding carboxylic acids is 2. The quantitative estimate of drug-likeness (QED) is 0.672. The number of para-hydroxylation sites is 1. The molecule has 2 rings (SSSR count). The number of amides is 1. The first-order valence-corrected chi connectivity index (χ1v) is 8.05. The maximum Gasteiger partial charge on any atom is 0.573 e. The van der Waals surface area contributed by atoms with Crippen LogP contribution in [0.25, 0.3) is 0 Å². The van der Waals surface area contributed by atoms with Gasteiger partial charge in [0, 0.05) is 12.2 Å². The predicted octanol–water partition coefficient (Wildman–Crippen LogP) is 3.69. The number of anilines is 1. The number of hydrogen-bond donors (Lipinski definition) is 0. The van der Waals surface area contributed by atoms with E-state index in [1.54, 1.807) is 30.3 Å². The van der Waals surface area contributed by atoms with Gasteiger partial charge >= 0.3 is 12.3 Å². The number of benzene rings is 2. The van der Waals surface area contributed by atoms with Crippen molar-refractivity contribution in [2.75, 3.05) is 18.1 Å². The van der Waals surface area contributed by atoms with Crippen LogP contribution >= 0.6 is 0 Å². The molecular weight excluding hydrogens is 377 g/mol. The first-order chi connectivity index (χ1) is 13.3. The molecule has 0 spiro atoms. The van der Waals surface area contributed by atoms with Crippen LogP contribution in [0.4, 0.5) is 18.9 Å². The van der Waals surface area contributed by atoms with E-state index in [2.05, 4.69) is 4.74 Å². The van der Waals surface area contributed by atoms with Crippen molar-refractivity contribution in [3.8, 4) is 11.8 Å². The summed E-state index contributed by atoms with van der Waals surface area (Å²) in [5.74, 6) is -1.89. The molecule has 0 atom stereocenters. The number of hydrogen-bond acceptors (Lipinski definition) is 5.